The maximum absolute atomic E-state index is 12.2. The van der Waals surface area contributed by atoms with E-state index < -0.39 is 11.7 Å². The highest BCUT2D eigenvalue weighted by molar-refractivity contribution is 6.42. The van der Waals surface area contributed by atoms with Crippen LogP contribution >= 0.6 is 0 Å². The maximum atomic E-state index is 12.2. The van der Waals surface area contributed by atoms with Crippen LogP contribution in [0.2, 0.25) is 0 Å². The van der Waals surface area contributed by atoms with Crippen molar-refractivity contribution in [2.45, 2.75) is 44.7 Å². The Bertz CT molecular complexity index is 830. The minimum Gasteiger partial charge on any atom is -0.367 e. The zero-order chi connectivity index (χ0) is 20.1. The lowest BCUT2D eigenvalue weighted by Crippen LogP contribution is -2.43. The lowest BCUT2D eigenvalue weighted by atomic mass is 9.91. The molecule has 0 radical (unpaired) electrons. The van der Waals surface area contributed by atoms with Gasteiger partial charge in [0.05, 0.1) is 0 Å². The predicted octanol–water partition coefficient (Wildman–Crippen LogP) is 2.57. The van der Waals surface area contributed by atoms with E-state index in [4.69, 9.17) is 0 Å². The number of hydrogen-bond donors (Lipinski definition) is 2. The summed E-state index contributed by atoms with van der Waals surface area (Å²) in [5.41, 5.74) is 0.422. The van der Waals surface area contributed by atoms with Gasteiger partial charge in [0.2, 0.25) is 5.78 Å². The fraction of sp³-hybridized carbons (Fsp3) is 0.429. The fourth-order valence-corrected chi connectivity index (χ4v) is 3.42. The number of Topliss-reactive ketones (excluding diaryl/α,β-unsaturated/α-hetero) is 1. The summed E-state index contributed by atoms with van der Waals surface area (Å²) in [6, 6.07) is 10.9. The van der Waals surface area contributed by atoms with E-state index in [-0.39, 0.29) is 6.04 Å². The lowest BCUT2D eigenvalue weighted by molar-refractivity contribution is -0.117. The van der Waals surface area contributed by atoms with E-state index in [1.54, 1.807) is 24.3 Å². The quantitative estimate of drug-likeness (QED) is 0.591. The van der Waals surface area contributed by atoms with Gasteiger partial charge in [-0.1, -0.05) is 30.3 Å². The molecule has 148 valence electrons. The normalized spacial score (nSPS) is 19.0. The van der Waals surface area contributed by atoms with Crippen molar-refractivity contribution in [2.24, 2.45) is 0 Å². The molecule has 0 aliphatic heterocycles. The molecule has 1 aliphatic rings. The van der Waals surface area contributed by atoms with E-state index in [9.17, 15) is 9.59 Å². The highest BCUT2D eigenvalue weighted by Crippen LogP contribution is 2.23. The third-order valence-electron chi connectivity index (χ3n) is 4.94. The average Bonchev–Trinajstić information content (AvgIpc) is 2.69. The molecule has 1 heterocycles. The first-order valence-electron chi connectivity index (χ1n) is 9.62. The number of rotatable bonds is 6. The molecule has 2 N–H and O–H groups in total. The van der Waals surface area contributed by atoms with Crippen molar-refractivity contribution < 1.29 is 9.59 Å². The molecule has 0 saturated heterocycles. The topological polar surface area (TPSA) is 87.2 Å². The molecule has 28 heavy (non-hydrogen) atoms. The molecule has 1 amide bonds. The summed E-state index contributed by atoms with van der Waals surface area (Å²) in [6.45, 7) is 1.88. The molecule has 1 fully saturated rings. The third kappa shape index (κ3) is 5.06. The predicted molar refractivity (Wildman–Crippen MR) is 110 cm³/mol. The van der Waals surface area contributed by atoms with Crippen LogP contribution in [0.5, 0.6) is 0 Å². The summed E-state index contributed by atoms with van der Waals surface area (Å²) < 4.78 is 0. The van der Waals surface area contributed by atoms with Gasteiger partial charge in [-0.2, -0.15) is 0 Å². The minimum atomic E-state index is -0.523. The Balaban J connectivity index is 1.51. The van der Waals surface area contributed by atoms with Crippen molar-refractivity contribution in [3.8, 4) is 0 Å². The van der Waals surface area contributed by atoms with Crippen LogP contribution in [0, 0.1) is 6.92 Å². The van der Waals surface area contributed by atoms with Gasteiger partial charge >= 0.3 is 0 Å². The number of benzene rings is 1. The molecule has 3 rings (SSSR count). The SMILES string of the molecule is Cc1nc(NC2CCC(NC(=O)C(=O)c3ccccc3)CC2)cc(N(C)C)n1. The summed E-state index contributed by atoms with van der Waals surface area (Å²) >= 11 is 0. The third-order valence-corrected chi connectivity index (χ3v) is 4.94. The van der Waals surface area contributed by atoms with E-state index in [2.05, 4.69) is 20.6 Å². The number of aryl methyl sites for hydroxylation is 1. The fourth-order valence-electron chi connectivity index (χ4n) is 3.42. The Hall–Kier alpha value is -2.96. The molecule has 1 aliphatic carbocycles. The summed E-state index contributed by atoms with van der Waals surface area (Å²) in [6.07, 6.45) is 3.47. The molecule has 1 saturated carbocycles. The second-order valence-corrected chi connectivity index (χ2v) is 7.41. The van der Waals surface area contributed by atoms with Crippen molar-refractivity contribution in [1.29, 1.82) is 0 Å². The molecular formula is C21H27N5O2. The van der Waals surface area contributed by atoms with E-state index in [1.807, 2.05) is 38.1 Å². The van der Waals surface area contributed by atoms with Gasteiger partial charge < -0.3 is 15.5 Å². The van der Waals surface area contributed by atoms with Gasteiger partial charge in [-0.25, -0.2) is 9.97 Å². The number of carbonyl (C=O) groups excluding carboxylic acids is 2. The highest BCUT2D eigenvalue weighted by atomic mass is 16.2. The maximum Gasteiger partial charge on any atom is 0.292 e. The Morgan fingerprint density at radius 2 is 1.64 bits per heavy atom. The van der Waals surface area contributed by atoms with E-state index in [0.717, 1.165) is 43.1 Å². The van der Waals surface area contributed by atoms with E-state index in [1.165, 1.54) is 0 Å². The number of anilines is 2. The van der Waals surface area contributed by atoms with Crippen LogP contribution in [0.15, 0.2) is 36.4 Å². The Morgan fingerprint density at radius 3 is 2.29 bits per heavy atom. The number of ketones is 1. The van der Waals surface area contributed by atoms with Crippen LogP contribution in [0.1, 0.15) is 41.9 Å². The first kappa shape index (κ1) is 19.8. The lowest BCUT2D eigenvalue weighted by Gasteiger charge is -2.30. The van der Waals surface area contributed by atoms with Gasteiger partial charge in [-0.05, 0) is 32.6 Å². The second kappa shape index (κ2) is 8.82. The highest BCUT2D eigenvalue weighted by Gasteiger charge is 2.25. The smallest absolute Gasteiger partial charge is 0.292 e. The molecule has 0 spiro atoms. The van der Waals surface area contributed by atoms with Crippen molar-refractivity contribution in [2.75, 3.05) is 24.3 Å². The summed E-state index contributed by atoms with van der Waals surface area (Å²) in [5.74, 6) is 1.42. The van der Waals surface area contributed by atoms with Gasteiger partial charge in [0, 0.05) is 37.8 Å². The molecular weight excluding hydrogens is 354 g/mol. The largest absolute Gasteiger partial charge is 0.367 e. The number of amides is 1. The Labute approximate surface area is 165 Å². The molecule has 2 aromatic rings. The summed E-state index contributed by atoms with van der Waals surface area (Å²) in [4.78, 5) is 35.3. The standard InChI is InChI=1S/C21H27N5O2/c1-14-22-18(13-19(23-14)26(2)3)24-16-9-11-17(12-10-16)25-21(28)20(27)15-7-5-4-6-8-15/h4-8,13,16-17H,9-12H2,1-3H3,(H,25,28)(H,22,23,24). The number of aromatic nitrogens is 2. The zero-order valence-electron chi connectivity index (χ0n) is 16.6. The van der Waals surface area contributed by atoms with Gasteiger partial charge in [-0.3, -0.25) is 9.59 Å². The van der Waals surface area contributed by atoms with Crippen molar-refractivity contribution in [3.05, 3.63) is 47.8 Å². The van der Waals surface area contributed by atoms with E-state index in [0.29, 0.717) is 11.6 Å². The van der Waals surface area contributed by atoms with Crippen molar-refractivity contribution in [1.82, 2.24) is 15.3 Å². The molecule has 0 atom stereocenters. The number of nitrogens with zero attached hydrogens (tertiary/aromatic N) is 3. The number of carbonyl (C=O) groups is 2. The monoisotopic (exact) mass is 381 g/mol. The van der Waals surface area contributed by atoms with Gasteiger partial charge in [0.1, 0.15) is 17.5 Å². The zero-order valence-corrected chi connectivity index (χ0v) is 16.6. The summed E-state index contributed by atoms with van der Waals surface area (Å²) in [5, 5.41) is 6.37. The Morgan fingerprint density at radius 1 is 1.00 bits per heavy atom. The van der Waals surface area contributed by atoms with Crippen LogP contribution < -0.4 is 15.5 Å². The van der Waals surface area contributed by atoms with E-state index >= 15 is 0 Å². The van der Waals surface area contributed by atoms with Crippen LogP contribution in [-0.2, 0) is 4.79 Å². The minimum absolute atomic E-state index is 0.0303. The average molecular weight is 381 g/mol. The molecule has 7 nitrogen and oxygen atoms in total. The number of hydrogen-bond acceptors (Lipinski definition) is 6. The van der Waals surface area contributed by atoms with Crippen LogP contribution in [0.3, 0.4) is 0 Å². The molecule has 0 bridgehead atoms. The van der Waals surface area contributed by atoms with Gasteiger partial charge in [0.25, 0.3) is 5.91 Å². The van der Waals surface area contributed by atoms with Crippen LogP contribution in [0.4, 0.5) is 11.6 Å². The molecule has 1 aromatic heterocycles. The molecule has 0 unspecified atom stereocenters. The Kier molecular flexibility index (Phi) is 6.23. The van der Waals surface area contributed by atoms with Gasteiger partial charge in [0.15, 0.2) is 0 Å². The summed E-state index contributed by atoms with van der Waals surface area (Å²) in [7, 11) is 3.91. The van der Waals surface area contributed by atoms with Crippen molar-refractivity contribution >= 4 is 23.3 Å². The molecule has 7 heteroatoms. The number of nitrogens with one attached hydrogen (secondary N) is 2. The first-order chi connectivity index (χ1) is 13.4. The van der Waals surface area contributed by atoms with Crippen LogP contribution in [-0.4, -0.2) is 47.8 Å². The second-order valence-electron chi connectivity index (χ2n) is 7.41. The molecule has 1 aromatic carbocycles. The van der Waals surface area contributed by atoms with Crippen LogP contribution in [0.25, 0.3) is 0 Å². The van der Waals surface area contributed by atoms with Gasteiger partial charge in [-0.15, -0.1) is 0 Å². The van der Waals surface area contributed by atoms with Crippen molar-refractivity contribution in [3.63, 3.8) is 0 Å². The first-order valence-corrected chi connectivity index (χ1v) is 9.62.